The third-order valence-corrected chi connectivity index (χ3v) is 6.95. The lowest BCUT2D eigenvalue weighted by Gasteiger charge is -2.28. The number of hydrogen-bond acceptors (Lipinski definition) is 7. The molecule has 1 aromatic carbocycles. The van der Waals surface area contributed by atoms with E-state index in [1.165, 1.54) is 0 Å². The van der Waals surface area contributed by atoms with Gasteiger partial charge in [-0.25, -0.2) is 17.7 Å². The van der Waals surface area contributed by atoms with Gasteiger partial charge in [-0.2, -0.15) is 30.6 Å². The van der Waals surface area contributed by atoms with Gasteiger partial charge in [0.25, 0.3) is 0 Å². The van der Waals surface area contributed by atoms with Gasteiger partial charge in [0.2, 0.25) is 15.7 Å². The van der Waals surface area contributed by atoms with E-state index in [-0.39, 0.29) is 0 Å². The van der Waals surface area contributed by atoms with E-state index in [0.717, 1.165) is 0 Å². The molecule has 2 aromatic rings. The normalized spacial score (nSPS) is 21.0. The third-order valence-electron chi connectivity index (χ3n) is 5.15. The predicted octanol–water partition coefficient (Wildman–Crippen LogP) is 2.91. The van der Waals surface area contributed by atoms with Crippen molar-refractivity contribution in [3.8, 4) is 11.5 Å². The van der Waals surface area contributed by atoms with Crippen LogP contribution in [-0.2, 0) is 16.2 Å². The lowest BCUT2D eigenvalue weighted by Crippen LogP contribution is -2.48. The van der Waals surface area contributed by atoms with Crippen LogP contribution in [0.2, 0.25) is 0 Å². The first-order valence-corrected chi connectivity index (χ1v) is 11.4. The summed E-state index contributed by atoms with van der Waals surface area (Å²) in [6.45, 7) is 2.31. The van der Waals surface area contributed by atoms with E-state index in [2.05, 4.69) is 14.6 Å². The summed E-state index contributed by atoms with van der Waals surface area (Å²) in [4.78, 5) is 5.17. The zero-order valence-corrected chi connectivity index (χ0v) is 19.0. The fourth-order valence-corrected chi connectivity index (χ4v) is 4.74. The second-order valence-corrected chi connectivity index (χ2v) is 9.75. The molecule has 0 aliphatic carbocycles. The summed E-state index contributed by atoms with van der Waals surface area (Å²) in [6, 6.07) is 2.15. The predicted molar refractivity (Wildman–Crippen MR) is 109 cm³/mol. The number of hydrogen-bond donors (Lipinski definition) is 2. The zero-order valence-electron chi connectivity index (χ0n) is 18.2. The van der Waals surface area contributed by atoms with Gasteiger partial charge >= 0.3 is 12.4 Å². The van der Waals surface area contributed by atoms with Crippen molar-refractivity contribution in [2.24, 2.45) is 0 Å². The van der Waals surface area contributed by atoms with Gasteiger partial charge in [-0.3, -0.25) is 4.98 Å². The fourth-order valence-electron chi connectivity index (χ4n) is 3.29. The summed E-state index contributed by atoms with van der Waals surface area (Å²) in [5.74, 6) is -2.71. The van der Waals surface area contributed by atoms with Gasteiger partial charge in [-0.15, -0.1) is 0 Å². The van der Waals surface area contributed by atoms with Crippen LogP contribution in [0.4, 0.5) is 36.4 Å². The van der Waals surface area contributed by atoms with Gasteiger partial charge < -0.3 is 19.7 Å². The number of aromatic nitrogens is 1. The number of pyridine rings is 1. The second-order valence-electron chi connectivity index (χ2n) is 7.81. The number of β-amino-alcohol motifs (C(OH)–C–C–N with tert-alkyl or cyclic N) is 1. The van der Waals surface area contributed by atoms with Gasteiger partial charge in [-0.1, -0.05) is 0 Å². The van der Waals surface area contributed by atoms with Crippen LogP contribution in [-0.4, -0.2) is 72.1 Å². The molecule has 3 rings (SSSR count). The lowest BCUT2D eigenvalue weighted by molar-refractivity contribution is -0.153. The molecule has 1 aliphatic rings. The molecule has 0 spiro atoms. The molecular formula is C20H16F7N3O6S. The van der Waals surface area contributed by atoms with Crippen LogP contribution in [0.5, 0.6) is 11.5 Å². The Morgan fingerprint density at radius 1 is 1.19 bits per heavy atom. The van der Waals surface area contributed by atoms with Gasteiger partial charge in [-0.05, 0) is 18.2 Å². The van der Waals surface area contributed by atoms with Crippen molar-refractivity contribution < 1.29 is 58.8 Å². The molecule has 0 bridgehead atoms. The molecule has 0 unspecified atom stereocenters. The monoisotopic (exact) mass is 559 g/mol. The molecule has 17 heteroatoms. The van der Waals surface area contributed by atoms with Gasteiger partial charge in [0.1, 0.15) is 28.1 Å². The lowest BCUT2D eigenvalue weighted by atomic mass is 10.0. The van der Waals surface area contributed by atoms with Gasteiger partial charge in [0, 0.05) is 18.8 Å². The minimum Gasteiger partial charge on any atom is -0.482 e. The molecule has 9 nitrogen and oxygen atoms in total. The minimum absolute atomic E-state index is 0.418. The number of aliphatic hydroxyl groups excluding tert-OH is 1. The number of ether oxygens (including phenoxy) is 2. The van der Waals surface area contributed by atoms with Crippen molar-refractivity contribution in [2.75, 3.05) is 26.3 Å². The molecular weight excluding hydrogens is 543 g/mol. The number of alkyl halides is 6. The molecule has 2 N–H and O–H groups in total. The van der Waals surface area contributed by atoms with E-state index in [4.69, 9.17) is 11.3 Å². The molecule has 37 heavy (non-hydrogen) atoms. The summed E-state index contributed by atoms with van der Waals surface area (Å²) in [5.41, 5.74) is -4.45. The summed E-state index contributed by atoms with van der Waals surface area (Å²) in [5, 5.41) is 20.5. The maximum absolute atomic E-state index is 14.2. The summed E-state index contributed by atoms with van der Waals surface area (Å²) < 4.78 is 127. The van der Waals surface area contributed by atoms with Crippen LogP contribution in [0.3, 0.4) is 0 Å². The van der Waals surface area contributed by atoms with Crippen molar-refractivity contribution in [3.63, 3.8) is 0 Å². The van der Waals surface area contributed by atoms with Crippen LogP contribution in [0, 0.1) is 12.4 Å². The van der Waals surface area contributed by atoms with Crippen LogP contribution in [0.1, 0.15) is 5.69 Å². The van der Waals surface area contributed by atoms with Crippen LogP contribution < -0.4 is 9.47 Å². The number of nitrogens with zero attached hydrogens (tertiary/aromatic N) is 3. The highest BCUT2D eigenvalue weighted by atomic mass is 32.2. The van der Waals surface area contributed by atoms with Crippen LogP contribution in [0.15, 0.2) is 35.4 Å². The Morgan fingerprint density at radius 2 is 1.86 bits per heavy atom. The number of benzene rings is 1. The number of sulfonamides is 1. The first-order valence-electron chi connectivity index (χ1n) is 9.94. The topological polar surface area (TPSA) is 114 Å². The Balaban J connectivity index is 1.92. The van der Waals surface area contributed by atoms with Crippen molar-refractivity contribution in [2.45, 2.75) is 29.0 Å². The molecule has 0 saturated carbocycles. The average molecular weight is 559 g/mol. The van der Waals surface area contributed by atoms with Gasteiger partial charge in [0.15, 0.2) is 18.1 Å². The Bertz CT molecular complexity index is 1300. The van der Waals surface area contributed by atoms with E-state index in [1.807, 2.05) is 0 Å². The van der Waals surface area contributed by atoms with Crippen LogP contribution in [0.25, 0.3) is 4.85 Å². The molecule has 1 aromatic heterocycles. The first-order chi connectivity index (χ1) is 17.0. The van der Waals surface area contributed by atoms with E-state index >= 15 is 0 Å². The Morgan fingerprint density at radius 3 is 2.38 bits per heavy atom. The quantitative estimate of drug-likeness (QED) is 0.396. The van der Waals surface area contributed by atoms with E-state index in [0.29, 0.717) is 34.8 Å². The standard InChI is InChI=1S/C20H16F7N3O6S/c1-28-13-5-14(35-10-19(22,23)24)15(4-12(13)21)36-17-7-30(8-18(17,32)9-31)37(33,34)11-2-3-16(29-6-11)20(25,26)27/h2-6,17,31-32H,7-10H2/t17-,18+/m0/s1. The summed E-state index contributed by atoms with van der Waals surface area (Å²) in [7, 11) is -4.61. The molecule has 2 heterocycles. The van der Waals surface area contributed by atoms with E-state index in [9.17, 15) is 49.4 Å². The first kappa shape index (κ1) is 28.4. The minimum atomic E-state index is -4.84. The number of rotatable bonds is 7. The fraction of sp³-hybridized carbons (Fsp3) is 0.400. The van der Waals surface area contributed by atoms with E-state index < -0.39 is 94.0 Å². The van der Waals surface area contributed by atoms with Gasteiger partial charge in [0.05, 0.1) is 19.7 Å². The zero-order chi connectivity index (χ0) is 27.8. The van der Waals surface area contributed by atoms with Crippen molar-refractivity contribution in [3.05, 3.63) is 53.4 Å². The largest absolute Gasteiger partial charge is 0.482 e. The molecule has 202 valence electrons. The Labute approximate surface area is 204 Å². The van der Waals surface area contributed by atoms with Crippen molar-refractivity contribution in [1.82, 2.24) is 9.29 Å². The smallest absolute Gasteiger partial charge is 0.433 e. The molecule has 1 aliphatic heterocycles. The highest BCUT2D eigenvalue weighted by Crippen LogP contribution is 2.39. The summed E-state index contributed by atoms with van der Waals surface area (Å²) in [6.07, 6.45) is -10.9. The van der Waals surface area contributed by atoms with E-state index in [1.54, 1.807) is 0 Å². The van der Waals surface area contributed by atoms with Crippen molar-refractivity contribution in [1.29, 1.82) is 0 Å². The molecule has 2 atom stereocenters. The maximum atomic E-state index is 14.2. The maximum Gasteiger partial charge on any atom is 0.433 e. The number of aliphatic hydroxyl groups is 2. The number of halogens is 7. The summed E-state index contributed by atoms with van der Waals surface area (Å²) >= 11 is 0. The SMILES string of the molecule is [C-]#[N+]c1cc(OCC(F)(F)F)c(O[C@H]2CN(S(=O)(=O)c3ccc(C(F)(F)F)nc3)C[C@@]2(O)CO)cc1F. The molecule has 0 amide bonds. The Hall–Kier alpha value is -3.20. The third kappa shape index (κ3) is 6.21. The van der Waals surface area contributed by atoms with Crippen molar-refractivity contribution >= 4 is 15.7 Å². The highest BCUT2D eigenvalue weighted by Gasteiger charge is 2.51. The van der Waals surface area contributed by atoms with Crippen LogP contribution >= 0.6 is 0 Å². The second kappa shape index (κ2) is 9.93. The Kier molecular flexibility index (Phi) is 7.61. The highest BCUT2D eigenvalue weighted by molar-refractivity contribution is 7.89. The molecule has 1 saturated heterocycles. The molecule has 1 fully saturated rings. The molecule has 0 radical (unpaired) electrons. The average Bonchev–Trinajstić information content (AvgIpc) is 3.15.